The minimum absolute atomic E-state index is 0.0993. The molecule has 138 valence electrons. The second-order valence-electron chi connectivity index (χ2n) is 6.72. The van der Waals surface area contributed by atoms with Crippen LogP contribution >= 0.6 is 0 Å². The second-order valence-corrected chi connectivity index (χ2v) is 6.72. The highest BCUT2D eigenvalue weighted by atomic mass is 16.6. The van der Waals surface area contributed by atoms with Crippen molar-refractivity contribution in [1.82, 2.24) is 5.32 Å². The molecule has 0 spiro atoms. The number of carbonyl (C=O) groups is 3. The van der Waals surface area contributed by atoms with Gasteiger partial charge >= 0.3 is 12.1 Å². The average Bonchev–Trinajstić information content (AvgIpc) is 2.50. The van der Waals surface area contributed by atoms with Gasteiger partial charge in [0.2, 0.25) is 0 Å². The third kappa shape index (κ3) is 8.88. The minimum Gasteiger partial charge on any atom is -0.466 e. The first-order valence-corrected chi connectivity index (χ1v) is 8.40. The molecule has 1 N–H and O–H groups in total. The molecule has 1 aromatic carbocycles. The van der Waals surface area contributed by atoms with Crippen molar-refractivity contribution >= 4 is 17.8 Å². The Kier molecular flexibility index (Phi) is 8.11. The summed E-state index contributed by atoms with van der Waals surface area (Å²) >= 11 is 0. The third-order valence-electron chi connectivity index (χ3n) is 3.30. The van der Waals surface area contributed by atoms with Crippen LogP contribution in [0.3, 0.4) is 0 Å². The van der Waals surface area contributed by atoms with Gasteiger partial charge in [0.05, 0.1) is 6.61 Å². The Hall–Kier alpha value is -2.37. The van der Waals surface area contributed by atoms with Crippen LogP contribution in [0.4, 0.5) is 4.79 Å². The largest absolute Gasteiger partial charge is 0.466 e. The number of rotatable bonds is 8. The zero-order valence-corrected chi connectivity index (χ0v) is 15.3. The van der Waals surface area contributed by atoms with E-state index in [4.69, 9.17) is 9.47 Å². The lowest BCUT2D eigenvalue weighted by molar-refractivity contribution is -0.146. The lowest BCUT2D eigenvalue weighted by atomic mass is 9.93. The molecule has 1 unspecified atom stereocenters. The van der Waals surface area contributed by atoms with E-state index < -0.39 is 23.6 Å². The fourth-order valence-corrected chi connectivity index (χ4v) is 2.22. The fraction of sp³-hybridized carbons (Fsp3) is 0.526. The molecule has 0 fully saturated rings. The summed E-state index contributed by atoms with van der Waals surface area (Å²) < 4.78 is 10.0. The minimum atomic E-state index is -0.617. The first-order chi connectivity index (χ1) is 11.7. The van der Waals surface area contributed by atoms with Crippen molar-refractivity contribution in [2.24, 2.45) is 5.92 Å². The quantitative estimate of drug-likeness (QED) is 0.576. The Morgan fingerprint density at radius 3 is 2.32 bits per heavy atom. The van der Waals surface area contributed by atoms with E-state index in [-0.39, 0.29) is 25.4 Å². The Morgan fingerprint density at radius 2 is 1.76 bits per heavy atom. The summed E-state index contributed by atoms with van der Waals surface area (Å²) in [5, 5.41) is 2.61. The molecule has 6 nitrogen and oxygen atoms in total. The lowest BCUT2D eigenvalue weighted by Gasteiger charge is -2.21. The van der Waals surface area contributed by atoms with E-state index in [0.717, 1.165) is 5.56 Å². The van der Waals surface area contributed by atoms with Crippen LogP contribution in [-0.4, -0.2) is 36.6 Å². The van der Waals surface area contributed by atoms with Gasteiger partial charge in [-0.05, 0) is 39.7 Å². The summed E-state index contributed by atoms with van der Waals surface area (Å²) in [7, 11) is 0. The molecule has 0 aromatic heterocycles. The average molecular weight is 349 g/mol. The van der Waals surface area contributed by atoms with Crippen molar-refractivity contribution in [2.75, 3.05) is 13.2 Å². The van der Waals surface area contributed by atoms with Crippen molar-refractivity contribution in [3.05, 3.63) is 35.9 Å². The van der Waals surface area contributed by atoms with E-state index in [1.807, 2.05) is 30.3 Å². The number of Topliss-reactive ketones (excluding diaryl/α,β-unsaturated/α-hetero) is 1. The van der Waals surface area contributed by atoms with Gasteiger partial charge in [-0.15, -0.1) is 0 Å². The predicted octanol–water partition coefficient (Wildman–Crippen LogP) is 2.89. The number of benzene rings is 1. The molecule has 0 bridgehead atoms. The second kappa shape index (κ2) is 9.81. The SMILES string of the molecule is CCOC(=O)CC(=O)C(CNC(=O)OC(C)(C)C)Cc1ccccc1. The van der Waals surface area contributed by atoms with E-state index in [1.165, 1.54) is 0 Å². The molecule has 0 aliphatic carbocycles. The molecule has 1 rings (SSSR count). The smallest absolute Gasteiger partial charge is 0.407 e. The van der Waals surface area contributed by atoms with E-state index >= 15 is 0 Å². The maximum atomic E-state index is 12.4. The number of amides is 1. The first kappa shape index (κ1) is 20.7. The van der Waals surface area contributed by atoms with Gasteiger partial charge in [-0.25, -0.2) is 4.79 Å². The van der Waals surface area contributed by atoms with Gasteiger partial charge in [-0.2, -0.15) is 0 Å². The highest BCUT2D eigenvalue weighted by Gasteiger charge is 2.24. The van der Waals surface area contributed by atoms with Gasteiger partial charge < -0.3 is 14.8 Å². The topological polar surface area (TPSA) is 81.7 Å². The molecule has 6 heteroatoms. The van der Waals surface area contributed by atoms with E-state index in [9.17, 15) is 14.4 Å². The van der Waals surface area contributed by atoms with E-state index in [0.29, 0.717) is 6.42 Å². The number of hydrogen-bond acceptors (Lipinski definition) is 5. The van der Waals surface area contributed by atoms with Crippen LogP contribution < -0.4 is 5.32 Å². The standard InChI is InChI=1S/C19H27NO5/c1-5-24-17(22)12-16(21)15(11-14-9-7-6-8-10-14)13-20-18(23)25-19(2,3)4/h6-10,15H,5,11-13H2,1-4H3,(H,20,23). The molecule has 0 radical (unpaired) electrons. The Bertz CT molecular complexity index is 577. The highest BCUT2D eigenvalue weighted by Crippen LogP contribution is 2.13. The number of esters is 1. The zero-order chi connectivity index (χ0) is 18.9. The number of nitrogens with one attached hydrogen (secondary N) is 1. The van der Waals surface area contributed by atoms with E-state index in [1.54, 1.807) is 27.7 Å². The van der Waals surface area contributed by atoms with Gasteiger partial charge in [-0.3, -0.25) is 9.59 Å². The molecular formula is C19H27NO5. The molecule has 0 aliphatic rings. The van der Waals surface area contributed by atoms with Crippen LogP contribution in [-0.2, 0) is 25.5 Å². The van der Waals surface area contributed by atoms with Gasteiger partial charge in [0.1, 0.15) is 17.8 Å². The first-order valence-electron chi connectivity index (χ1n) is 8.40. The van der Waals surface area contributed by atoms with Crippen LogP contribution in [0.1, 0.15) is 39.7 Å². The van der Waals surface area contributed by atoms with Crippen LogP contribution in [0.15, 0.2) is 30.3 Å². The Labute approximate surface area is 148 Å². The molecule has 25 heavy (non-hydrogen) atoms. The summed E-state index contributed by atoms with van der Waals surface area (Å²) in [4.78, 5) is 35.8. The molecule has 1 aromatic rings. The number of ketones is 1. The predicted molar refractivity (Wildman–Crippen MR) is 94.1 cm³/mol. The van der Waals surface area contributed by atoms with Gasteiger partial charge in [0.15, 0.2) is 0 Å². The van der Waals surface area contributed by atoms with Crippen molar-refractivity contribution in [2.45, 2.75) is 46.1 Å². The summed E-state index contributed by atoms with van der Waals surface area (Å²) in [6.45, 7) is 7.31. The van der Waals surface area contributed by atoms with Crippen LogP contribution in [0.5, 0.6) is 0 Å². The summed E-state index contributed by atoms with van der Waals surface area (Å²) in [5.41, 5.74) is 0.337. The number of ether oxygens (including phenoxy) is 2. The third-order valence-corrected chi connectivity index (χ3v) is 3.30. The molecular weight excluding hydrogens is 322 g/mol. The molecule has 0 saturated heterocycles. The molecule has 0 heterocycles. The van der Waals surface area contributed by atoms with Gasteiger partial charge in [0, 0.05) is 12.5 Å². The summed E-state index contributed by atoms with van der Waals surface area (Å²) in [6, 6.07) is 9.45. The monoisotopic (exact) mass is 349 g/mol. The summed E-state index contributed by atoms with van der Waals surface area (Å²) in [6.07, 6.45) is -0.467. The van der Waals surface area contributed by atoms with E-state index in [2.05, 4.69) is 5.32 Å². The summed E-state index contributed by atoms with van der Waals surface area (Å²) in [5.74, 6) is -1.35. The number of hydrogen-bond donors (Lipinski definition) is 1. The van der Waals surface area contributed by atoms with Crippen molar-refractivity contribution in [3.8, 4) is 0 Å². The normalized spacial score (nSPS) is 12.2. The Morgan fingerprint density at radius 1 is 1.12 bits per heavy atom. The van der Waals surface area contributed by atoms with Gasteiger partial charge in [0.25, 0.3) is 0 Å². The number of alkyl carbamates (subject to hydrolysis) is 1. The molecule has 0 saturated carbocycles. The molecule has 1 amide bonds. The highest BCUT2D eigenvalue weighted by molar-refractivity contribution is 5.97. The maximum absolute atomic E-state index is 12.4. The van der Waals surface area contributed by atoms with Crippen LogP contribution in [0.2, 0.25) is 0 Å². The maximum Gasteiger partial charge on any atom is 0.407 e. The van der Waals surface area contributed by atoms with Crippen molar-refractivity contribution in [1.29, 1.82) is 0 Å². The lowest BCUT2D eigenvalue weighted by Crippen LogP contribution is -2.38. The number of carbonyl (C=O) groups excluding carboxylic acids is 3. The molecule has 0 aliphatic heterocycles. The van der Waals surface area contributed by atoms with Crippen LogP contribution in [0.25, 0.3) is 0 Å². The van der Waals surface area contributed by atoms with Crippen molar-refractivity contribution in [3.63, 3.8) is 0 Å². The van der Waals surface area contributed by atoms with Crippen LogP contribution in [0, 0.1) is 5.92 Å². The fourth-order valence-electron chi connectivity index (χ4n) is 2.22. The molecule has 1 atom stereocenters. The van der Waals surface area contributed by atoms with Crippen molar-refractivity contribution < 1.29 is 23.9 Å². The zero-order valence-electron chi connectivity index (χ0n) is 15.3. The van der Waals surface area contributed by atoms with Gasteiger partial charge in [-0.1, -0.05) is 30.3 Å². The Balaban J connectivity index is 2.72.